The number of carbonyl (C=O) groups is 2. The molecule has 1 aliphatic heterocycles. The van der Waals surface area contributed by atoms with Crippen LogP contribution in [0.3, 0.4) is 0 Å². The van der Waals surface area contributed by atoms with Crippen LogP contribution in [0.1, 0.15) is 16.2 Å². The van der Waals surface area contributed by atoms with Crippen molar-refractivity contribution < 1.29 is 27.9 Å². The molecule has 178 valence electrons. The lowest BCUT2D eigenvalue weighted by Crippen LogP contribution is -2.34. The van der Waals surface area contributed by atoms with Crippen molar-refractivity contribution in [1.29, 1.82) is 0 Å². The van der Waals surface area contributed by atoms with Gasteiger partial charge in [-0.05, 0) is 24.5 Å². The Hall–Kier alpha value is -2.48. The zero-order valence-corrected chi connectivity index (χ0v) is 19.9. The van der Waals surface area contributed by atoms with Crippen LogP contribution < -0.4 is 5.32 Å². The maximum Gasteiger partial charge on any atom is 0.435 e. The summed E-state index contributed by atoms with van der Waals surface area (Å²) < 4.78 is 41.4. The maximum absolute atomic E-state index is 13.4. The summed E-state index contributed by atoms with van der Waals surface area (Å²) >= 11 is 15.2. The third kappa shape index (κ3) is 4.57. The van der Waals surface area contributed by atoms with Gasteiger partial charge in [0.05, 0.1) is 32.6 Å². The van der Waals surface area contributed by atoms with Gasteiger partial charge in [-0.15, -0.1) is 11.8 Å². The minimum Gasteiger partial charge on any atom is -0.478 e. The third-order valence-corrected chi connectivity index (χ3v) is 7.87. The molecule has 2 aliphatic rings. The lowest BCUT2D eigenvalue weighted by Gasteiger charge is -2.24. The molecule has 0 fully saturated rings. The van der Waals surface area contributed by atoms with Gasteiger partial charge >= 0.3 is 12.1 Å². The van der Waals surface area contributed by atoms with Crippen LogP contribution in [0.2, 0.25) is 5.02 Å². The zero-order chi connectivity index (χ0) is 24.8. The molecule has 0 saturated carbocycles. The number of fused-ring (bicyclic) bond motifs is 1. The average molecular weight is 550 g/mol. The van der Waals surface area contributed by atoms with Crippen LogP contribution >= 0.6 is 46.7 Å². The number of aliphatic carboxylic acids is 1. The summed E-state index contributed by atoms with van der Waals surface area (Å²) in [6, 6.07) is 2.79. The van der Waals surface area contributed by atoms with Crippen LogP contribution in [0.25, 0.3) is 5.82 Å². The molecule has 2 aromatic rings. The predicted molar refractivity (Wildman–Crippen MR) is 124 cm³/mol. The van der Waals surface area contributed by atoms with E-state index < -0.39 is 40.7 Å². The molecule has 0 aromatic carbocycles. The average Bonchev–Trinajstić information content (AvgIpc) is 3.40. The number of amides is 1. The normalized spacial score (nSPS) is 20.1. The smallest absolute Gasteiger partial charge is 0.435 e. The first-order chi connectivity index (χ1) is 16.0. The van der Waals surface area contributed by atoms with Crippen LogP contribution in [0.5, 0.6) is 0 Å². The summed E-state index contributed by atoms with van der Waals surface area (Å²) in [6.07, 6.45) is -0.453. The molecule has 15 heteroatoms. The molecule has 2 unspecified atom stereocenters. The highest BCUT2D eigenvalue weighted by Gasteiger charge is 2.40. The number of hydrogen-bond acceptors (Lipinski definition) is 7. The van der Waals surface area contributed by atoms with E-state index in [4.69, 9.17) is 23.2 Å². The second kappa shape index (κ2) is 9.29. The SMILES string of the molecule is CSC1=NC2C=C(C(=O)O)C(NC(=O)c3cc(C(F)(F)F)nn3-c3ncccc3Cl)=C(Cl)C2S1. The fourth-order valence-corrected chi connectivity index (χ4v) is 5.65. The Labute approximate surface area is 208 Å². The van der Waals surface area contributed by atoms with Crippen molar-refractivity contribution in [3.05, 3.63) is 63.2 Å². The molecule has 0 radical (unpaired) electrons. The molecule has 2 aromatic heterocycles. The fraction of sp³-hybridized carbons (Fsp3) is 0.211. The van der Waals surface area contributed by atoms with E-state index in [1.165, 1.54) is 47.9 Å². The molecule has 2 atom stereocenters. The number of nitrogens with zero attached hydrogens (tertiary/aromatic N) is 4. The highest BCUT2D eigenvalue weighted by Crippen LogP contribution is 2.43. The summed E-state index contributed by atoms with van der Waals surface area (Å²) in [5.74, 6) is -2.69. The second-order valence-electron chi connectivity index (χ2n) is 6.82. The molecular formula is C19H12Cl2F3N5O3S2. The minimum atomic E-state index is -4.87. The Morgan fingerprint density at radius 2 is 2.06 bits per heavy atom. The van der Waals surface area contributed by atoms with Crippen molar-refractivity contribution in [2.24, 2.45) is 4.99 Å². The van der Waals surface area contributed by atoms with Gasteiger partial charge in [0.1, 0.15) is 10.1 Å². The van der Waals surface area contributed by atoms with Crippen LogP contribution in [0.4, 0.5) is 13.2 Å². The van der Waals surface area contributed by atoms with E-state index in [9.17, 15) is 27.9 Å². The number of rotatable bonds is 4. The number of halogens is 5. The van der Waals surface area contributed by atoms with E-state index in [2.05, 4.69) is 20.4 Å². The van der Waals surface area contributed by atoms with E-state index in [0.717, 1.165) is 0 Å². The first kappa shape index (κ1) is 24.6. The Bertz CT molecular complexity index is 1290. The number of aliphatic imine (C=N–C) groups is 1. The number of thioether (sulfide) groups is 2. The lowest BCUT2D eigenvalue weighted by molar-refractivity contribution is -0.141. The standard InChI is InChI=1S/C19H12Cl2F3N5O3S2/c1-33-18-26-9-5-7(17(31)32)13(12(21)14(9)34-18)27-16(30)10-6-11(19(22,23)24)28-29(10)15-8(20)3-2-4-25-15/h2-6,9,14H,1H3,(H,27,30)(H,31,32). The topological polar surface area (TPSA) is 109 Å². The lowest BCUT2D eigenvalue weighted by atomic mass is 9.99. The summed E-state index contributed by atoms with van der Waals surface area (Å²) in [5.41, 5.74) is -2.50. The van der Waals surface area contributed by atoms with Crippen LogP contribution in [0, 0.1) is 0 Å². The van der Waals surface area contributed by atoms with Crippen molar-refractivity contribution in [2.45, 2.75) is 17.5 Å². The van der Waals surface area contributed by atoms with E-state index in [-0.39, 0.29) is 27.1 Å². The van der Waals surface area contributed by atoms with Gasteiger partial charge in [-0.1, -0.05) is 35.0 Å². The monoisotopic (exact) mass is 549 g/mol. The Morgan fingerprint density at radius 1 is 1.32 bits per heavy atom. The zero-order valence-electron chi connectivity index (χ0n) is 16.8. The number of carbonyl (C=O) groups excluding carboxylic acids is 1. The van der Waals surface area contributed by atoms with Gasteiger partial charge in [0.25, 0.3) is 5.91 Å². The summed E-state index contributed by atoms with van der Waals surface area (Å²) in [6.45, 7) is 0. The Kier molecular flexibility index (Phi) is 6.73. The molecule has 0 saturated heterocycles. The van der Waals surface area contributed by atoms with Gasteiger partial charge in [0, 0.05) is 12.3 Å². The molecule has 3 heterocycles. The highest BCUT2D eigenvalue weighted by molar-refractivity contribution is 8.39. The van der Waals surface area contributed by atoms with Gasteiger partial charge in [-0.3, -0.25) is 9.79 Å². The molecule has 8 nitrogen and oxygen atoms in total. The second-order valence-corrected chi connectivity index (χ2v) is 9.82. The Balaban J connectivity index is 1.76. The Morgan fingerprint density at radius 3 is 2.68 bits per heavy atom. The number of hydrogen-bond donors (Lipinski definition) is 2. The van der Waals surface area contributed by atoms with Crippen molar-refractivity contribution in [3.63, 3.8) is 0 Å². The van der Waals surface area contributed by atoms with Crippen molar-refractivity contribution in [1.82, 2.24) is 20.1 Å². The van der Waals surface area contributed by atoms with E-state index in [1.807, 2.05) is 0 Å². The molecule has 34 heavy (non-hydrogen) atoms. The maximum atomic E-state index is 13.4. The summed E-state index contributed by atoms with van der Waals surface area (Å²) in [7, 11) is 0. The van der Waals surface area contributed by atoms with Gasteiger partial charge in [0.2, 0.25) is 0 Å². The third-order valence-electron chi connectivity index (χ3n) is 4.70. The van der Waals surface area contributed by atoms with Gasteiger partial charge in [0.15, 0.2) is 11.5 Å². The number of aromatic nitrogens is 3. The molecule has 0 spiro atoms. The molecule has 2 N–H and O–H groups in total. The van der Waals surface area contributed by atoms with Crippen molar-refractivity contribution in [3.8, 4) is 5.82 Å². The first-order valence-corrected chi connectivity index (χ1v) is 12.1. The van der Waals surface area contributed by atoms with E-state index in [1.54, 1.807) is 6.26 Å². The van der Waals surface area contributed by atoms with Crippen molar-refractivity contribution in [2.75, 3.05) is 6.26 Å². The molecular weight excluding hydrogens is 538 g/mol. The molecule has 4 rings (SSSR count). The van der Waals surface area contributed by atoms with Crippen LogP contribution in [-0.4, -0.2) is 53.7 Å². The molecule has 1 aliphatic carbocycles. The number of carboxylic acids is 1. The highest BCUT2D eigenvalue weighted by atomic mass is 35.5. The van der Waals surface area contributed by atoms with Gasteiger partial charge in [-0.25, -0.2) is 14.5 Å². The van der Waals surface area contributed by atoms with Gasteiger partial charge < -0.3 is 10.4 Å². The van der Waals surface area contributed by atoms with E-state index >= 15 is 0 Å². The molecule has 1 amide bonds. The van der Waals surface area contributed by atoms with Gasteiger partial charge in [-0.2, -0.15) is 18.3 Å². The van der Waals surface area contributed by atoms with Crippen molar-refractivity contribution >= 4 is 63.0 Å². The number of pyridine rings is 1. The molecule has 0 bridgehead atoms. The fourth-order valence-electron chi connectivity index (χ4n) is 3.21. The first-order valence-electron chi connectivity index (χ1n) is 9.24. The minimum absolute atomic E-state index is 0.00836. The quantitative estimate of drug-likeness (QED) is 0.583. The number of carboxylic acid groups (broad SMARTS) is 1. The summed E-state index contributed by atoms with van der Waals surface area (Å²) in [5, 5.41) is 14.9. The number of alkyl halides is 3. The summed E-state index contributed by atoms with van der Waals surface area (Å²) in [4.78, 5) is 33.3. The predicted octanol–water partition coefficient (Wildman–Crippen LogP) is 4.35. The van der Waals surface area contributed by atoms with Crippen LogP contribution in [0.15, 0.2) is 51.8 Å². The largest absolute Gasteiger partial charge is 0.478 e. The number of nitrogens with one attached hydrogen (secondary N) is 1. The van der Waals surface area contributed by atoms with E-state index in [0.29, 0.717) is 15.1 Å². The van der Waals surface area contributed by atoms with Crippen LogP contribution in [-0.2, 0) is 11.0 Å².